The summed E-state index contributed by atoms with van der Waals surface area (Å²) in [7, 11) is 0. The quantitative estimate of drug-likeness (QED) is 0.706. The summed E-state index contributed by atoms with van der Waals surface area (Å²) in [6, 6.07) is 0.495. The summed E-state index contributed by atoms with van der Waals surface area (Å²) in [6.07, 6.45) is 8.97. The van der Waals surface area contributed by atoms with E-state index in [1.54, 1.807) is 0 Å². The van der Waals surface area contributed by atoms with Crippen molar-refractivity contribution in [2.75, 3.05) is 13.1 Å². The third-order valence-corrected chi connectivity index (χ3v) is 4.27. The van der Waals surface area contributed by atoms with Crippen LogP contribution in [0.5, 0.6) is 0 Å². The van der Waals surface area contributed by atoms with Gasteiger partial charge >= 0.3 is 0 Å². The molecule has 2 bridgehead atoms. The molecular formula is C13H25NO. The second-order valence-corrected chi connectivity index (χ2v) is 5.28. The second kappa shape index (κ2) is 5.31. The molecule has 0 aromatic heterocycles. The third-order valence-electron chi connectivity index (χ3n) is 4.27. The normalized spacial score (nSPS) is 39.6. The van der Waals surface area contributed by atoms with E-state index in [4.69, 9.17) is 0 Å². The van der Waals surface area contributed by atoms with E-state index in [0.29, 0.717) is 12.0 Å². The Hall–Kier alpha value is -0.0800. The van der Waals surface area contributed by atoms with Gasteiger partial charge in [0.05, 0.1) is 6.10 Å². The molecule has 2 atom stereocenters. The highest BCUT2D eigenvalue weighted by Crippen LogP contribution is 2.34. The minimum Gasteiger partial charge on any atom is -0.391 e. The molecule has 0 spiro atoms. The molecule has 2 unspecified atom stereocenters. The van der Waals surface area contributed by atoms with Gasteiger partial charge in [-0.3, -0.25) is 4.90 Å². The second-order valence-electron chi connectivity index (χ2n) is 5.28. The van der Waals surface area contributed by atoms with E-state index in [1.807, 2.05) is 0 Å². The lowest BCUT2D eigenvalue weighted by molar-refractivity contribution is -0.0752. The van der Waals surface area contributed by atoms with Gasteiger partial charge in [-0.15, -0.1) is 0 Å². The third kappa shape index (κ3) is 2.54. The molecule has 0 radical (unpaired) electrons. The first-order chi connectivity index (χ1) is 7.33. The van der Waals surface area contributed by atoms with Crippen LogP contribution in [0.25, 0.3) is 0 Å². The number of hydrogen-bond acceptors (Lipinski definition) is 2. The van der Waals surface area contributed by atoms with Crippen molar-refractivity contribution in [1.29, 1.82) is 0 Å². The van der Waals surface area contributed by atoms with Crippen molar-refractivity contribution >= 4 is 0 Å². The highest BCUT2D eigenvalue weighted by Gasteiger charge is 2.40. The van der Waals surface area contributed by atoms with Crippen LogP contribution < -0.4 is 0 Å². The van der Waals surface area contributed by atoms with Crippen LogP contribution in [-0.2, 0) is 0 Å². The fraction of sp³-hybridized carbons (Fsp3) is 1.00. The Bertz CT molecular complexity index is 185. The molecule has 3 heterocycles. The first-order valence-corrected chi connectivity index (χ1v) is 6.75. The van der Waals surface area contributed by atoms with Crippen LogP contribution in [0.15, 0.2) is 0 Å². The zero-order valence-electron chi connectivity index (χ0n) is 9.99. The van der Waals surface area contributed by atoms with Crippen LogP contribution in [0.4, 0.5) is 0 Å². The van der Waals surface area contributed by atoms with Crippen molar-refractivity contribution in [3.8, 4) is 0 Å². The van der Waals surface area contributed by atoms with Crippen LogP contribution in [0.1, 0.15) is 51.9 Å². The number of fused-ring (bicyclic) bond motifs is 3. The van der Waals surface area contributed by atoms with E-state index < -0.39 is 0 Å². The minimum absolute atomic E-state index is 0.0193. The summed E-state index contributed by atoms with van der Waals surface area (Å²) in [5.74, 6) is 0.617. The van der Waals surface area contributed by atoms with Gasteiger partial charge in [0.25, 0.3) is 0 Å². The van der Waals surface area contributed by atoms with E-state index in [1.165, 1.54) is 58.0 Å². The van der Waals surface area contributed by atoms with Crippen LogP contribution in [0.2, 0.25) is 0 Å². The molecule has 3 saturated heterocycles. The molecular weight excluding hydrogens is 186 g/mol. The Morgan fingerprint density at radius 3 is 2.47 bits per heavy atom. The van der Waals surface area contributed by atoms with Crippen molar-refractivity contribution < 1.29 is 5.11 Å². The molecule has 0 aliphatic carbocycles. The summed E-state index contributed by atoms with van der Waals surface area (Å²) < 4.78 is 0. The number of piperidine rings is 3. The first kappa shape index (κ1) is 11.4. The van der Waals surface area contributed by atoms with E-state index in [0.717, 1.165) is 0 Å². The van der Waals surface area contributed by atoms with Crippen molar-refractivity contribution in [3.05, 3.63) is 0 Å². The smallest absolute Gasteiger partial charge is 0.0724 e. The maximum Gasteiger partial charge on any atom is 0.0724 e. The van der Waals surface area contributed by atoms with Gasteiger partial charge in [0, 0.05) is 6.04 Å². The Balaban J connectivity index is 1.76. The monoisotopic (exact) mass is 211 g/mol. The highest BCUT2D eigenvalue weighted by molar-refractivity contribution is 4.94. The number of hydrogen-bond donors (Lipinski definition) is 1. The van der Waals surface area contributed by atoms with Crippen molar-refractivity contribution in [2.24, 2.45) is 5.92 Å². The average Bonchev–Trinajstić information content (AvgIpc) is 2.28. The Morgan fingerprint density at radius 2 is 1.87 bits per heavy atom. The molecule has 2 nitrogen and oxygen atoms in total. The van der Waals surface area contributed by atoms with Crippen molar-refractivity contribution in [1.82, 2.24) is 4.90 Å². The van der Waals surface area contributed by atoms with Crippen LogP contribution in [0, 0.1) is 5.92 Å². The van der Waals surface area contributed by atoms with Crippen molar-refractivity contribution in [2.45, 2.75) is 64.0 Å². The summed E-state index contributed by atoms with van der Waals surface area (Å²) in [5.41, 5.74) is 0. The standard InChI is InChI=1S/C13H25NO/c1-2-3-4-5-6-12-13(15)11-7-9-14(12)10-8-11/h11-13,15H,2-10H2,1H3. The fourth-order valence-corrected chi connectivity index (χ4v) is 3.26. The van der Waals surface area contributed by atoms with Gasteiger partial charge in [0.1, 0.15) is 0 Å². The molecule has 3 rings (SSSR count). The van der Waals surface area contributed by atoms with Crippen LogP contribution >= 0.6 is 0 Å². The molecule has 0 saturated carbocycles. The van der Waals surface area contributed by atoms with Crippen LogP contribution in [0.3, 0.4) is 0 Å². The zero-order chi connectivity index (χ0) is 10.7. The summed E-state index contributed by atoms with van der Waals surface area (Å²) >= 11 is 0. The molecule has 15 heavy (non-hydrogen) atoms. The van der Waals surface area contributed by atoms with Gasteiger partial charge in [-0.1, -0.05) is 32.6 Å². The molecule has 0 aromatic rings. The van der Waals surface area contributed by atoms with Crippen LogP contribution in [-0.4, -0.2) is 35.2 Å². The number of aliphatic hydroxyl groups excluding tert-OH is 1. The molecule has 0 amide bonds. The number of nitrogens with zero attached hydrogens (tertiary/aromatic N) is 1. The van der Waals surface area contributed by atoms with Gasteiger partial charge in [-0.05, 0) is 38.3 Å². The van der Waals surface area contributed by atoms with Crippen molar-refractivity contribution in [3.63, 3.8) is 0 Å². The fourth-order valence-electron chi connectivity index (χ4n) is 3.26. The van der Waals surface area contributed by atoms with E-state index in [2.05, 4.69) is 11.8 Å². The molecule has 0 aromatic carbocycles. The van der Waals surface area contributed by atoms with E-state index in [9.17, 15) is 5.11 Å². The highest BCUT2D eigenvalue weighted by atomic mass is 16.3. The topological polar surface area (TPSA) is 23.5 Å². The Kier molecular flexibility index (Phi) is 4.04. The summed E-state index contributed by atoms with van der Waals surface area (Å²) in [6.45, 7) is 4.72. The molecule has 3 fully saturated rings. The number of aliphatic hydroxyl groups is 1. The zero-order valence-corrected chi connectivity index (χ0v) is 9.99. The average molecular weight is 211 g/mol. The minimum atomic E-state index is -0.0193. The van der Waals surface area contributed by atoms with Gasteiger partial charge in [0.15, 0.2) is 0 Å². The lowest BCUT2D eigenvalue weighted by Gasteiger charge is -2.49. The van der Waals surface area contributed by atoms with Gasteiger partial charge < -0.3 is 5.11 Å². The van der Waals surface area contributed by atoms with Gasteiger partial charge in [0.2, 0.25) is 0 Å². The van der Waals surface area contributed by atoms with E-state index >= 15 is 0 Å². The maximum atomic E-state index is 10.2. The predicted octanol–water partition coefficient (Wildman–Crippen LogP) is 2.41. The largest absolute Gasteiger partial charge is 0.391 e. The Morgan fingerprint density at radius 1 is 1.13 bits per heavy atom. The van der Waals surface area contributed by atoms with Gasteiger partial charge in [-0.25, -0.2) is 0 Å². The van der Waals surface area contributed by atoms with Gasteiger partial charge in [-0.2, -0.15) is 0 Å². The molecule has 1 N–H and O–H groups in total. The lowest BCUT2D eigenvalue weighted by atomic mass is 9.79. The summed E-state index contributed by atoms with van der Waals surface area (Å²) in [4.78, 5) is 2.52. The number of rotatable bonds is 5. The SMILES string of the molecule is CCCCCCC1C(O)C2CCN1CC2. The maximum absolute atomic E-state index is 10.2. The predicted molar refractivity (Wildman–Crippen MR) is 62.9 cm³/mol. The molecule has 88 valence electrons. The van der Waals surface area contributed by atoms with E-state index in [-0.39, 0.29) is 6.10 Å². The molecule has 3 aliphatic rings. The summed E-state index contributed by atoms with van der Waals surface area (Å²) in [5, 5.41) is 10.2. The number of unbranched alkanes of at least 4 members (excludes halogenated alkanes) is 3. The molecule has 3 aliphatic heterocycles. The Labute approximate surface area is 93.7 Å². The lowest BCUT2D eigenvalue weighted by Crippen LogP contribution is -2.57. The molecule has 2 heteroatoms. The first-order valence-electron chi connectivity index (χ1n) is 6.75.